The minimum Gasteiger partial charge on any atom is -0.343 e. The lowest BCUT2D eigenvalue weighted by Gasteiger charge is -2.35. The third kappa shape index (κ3) is 6.80. The fourth-order valence-electron chi connectivity index (χ4n) is 3.46. The molecule has 0 bridgehead atoms. The van der Waals surface area contributed by atoms with Gasteiger partial charge in [-0.15, -0.1) is 0 Å². The summed E-state index contributed by atoms with van der Waals surface area (Å²) < 4.78 is 0. The number of hydrogen-bond acceptors (Lipinski definition) is 2. The molecule has 1 aliphatic heterocycles. The highest BCUT2D eigenvalue weighted by molar-refractivity contribution is 6.35. The van der Waals surface area contributed by atoms with Crippen LogP contribution in [0.3, 0.4) is 0 Å². The van der Waals surface area contributed by atoms with Gasteiger partial charge in [-0.2, -0.15) is 0 Å². The van der Waals surface area contributed by atoms with Gasteiger partial charge >= 0.3 is 0 Å². The van der Waals surface area contributed by atoms with E-state index < -0.39 is 0 Å². The molecule has 25 heavy (non-hydrogen) atoms. The van der Waals surface area contributed by atoms with Gasteiger partial charge in [-0.3, -0.25) is 9.69 Å². The van der Waals surface area contributed by atoms with Crippen molar-refractivity contribution in [1.29, 1.82) is 0 Å². The molecule has 1 aliphatic rings. The fraction of sp³-hybridized carbons (Fsp3) is 0.650. The molecule has 5 heteroatoms. The first-order valence-electron chi connectivity index (χ1n) is 9.41. The smallest absolute Gasteiger partial charge is 0.219 e. The number of carbonyl (C=O) groups excluding carboxylic acids is 1. The van der Waals surface area contributed by atoms with Crippen molar-refractivity contribution in [3.8, 4) is 0 Å². The fourth-order valence-corrected chi connectivity index (χ4v) is 3.93. The Labute approximate surface area is 162 Å². The summed E-state index contributed by atoms with van der Waals surface area (Å²) in [5.41, 5.74) is 1.13. The Morgan fingerprint density at radius 1 is 1.24 bits per heavy atom. The van der Waals surface area contributed by atoms with Gasteiger partial charge in [0.05, 0.1) is 0 Å². The van der Waals surface area contributed by atoms with E-state index in [4.69, 9.17) is 23.2 Å². The number of rotatable bonds is 8. The van der Waals surface area contributed by atoms with Gasteiger partial charge in [0, 0.05) is 36.6 Å². The van der Waals surface area contributed by atoms with E-state index in [2.05, 4.69) is 11.8 Å². The van der Waals surface area contributed by atoms with Gasteiger partial charge in [0.15, 0.2) is 0 Å². The van der Waals surface area contributed by atoms with E-state index in [-0.39, 0.29) is 5.91 Å². The van der Waals surface area contributed by atoms with Crippen molar-refractivity contribution in [2.75, 3.05) is 26.2 Å². The zero-order valence-corrected chi connectivity index (χ0v) is 17.0. The molecule has 0 radical (unpaired) electrons. The van der Waals surface area contributed by atoms with E-state index in [1.165, 1.54) is 12.8 Å². The van der Waals surface area contributed by atoms with Crippen LogP contribution in [0.1, 0.15) is 51.5 Å². The standard InChI is InChI=1S/C20H30Cl2N2O/c1-3-4-5-10-24(16(2)25)14-17-8-11-23(12-9-17)15-18-6-7-19(21)13-20(18)22/h6-7,13,17H,3-5,8-12,14-15H2,1-2H3. The van der Waals surface area contributed by atoms with Gasteiger partial charge in [-0.25, -0.2) is 0 Å². The predicted molar refractivity (Wildman–Crippen MR) is 106 cm³/mol. The molecule has 0 aliphatic carbocycles. The summed E-state index contributed by atoms with van der Waals surface area (Å²) in [4.78, 5) is 16.4. The maximum Gasteiger partial charge on any atom is 0.219 e. The molecule has 1 fully saturated rings. The molecule has 0 saturated carbocycles. The molecule has 0 N–H and O–H groups in total. The third-order valence-corrected chi connectivity index (χ3v) is 5.66. The molecule has 0 atom stereocenters. The lowest BCUT2D eigenvalue weighted by Crippen LogP contribution is -2.40. The van der Waals surface area contributed by atoms with Crippen LogP contribution in [0.15, 0.2) is 18.2 Å². The van der Waals surface area contributed by atoms with Crippen molar-refractivity contribution in [2.45, 2.75) is 52.5 Å². The highest BCUT2D eigenvalue weighted by Crippen LogP contribution is 2.25. The highest BCUT2D eigenvalue weighted by Gasteiger charge is 2.22. The van der Waals surface area contributed by atoms with E-state index in [0.29, 0.717) is 10.9 Å². The zero-order chi connectivity index (χ0) is 18.2. The minimum absolute atomic E-state index is 0.214. The largest absolute Gasteiger partial charge is 0.343 e. The molecule has 1 aromatic carbocycles. The second-order valence-corrected chi connectivity index (χ2v) is 7.97. The summed E-state index contributed by atoms with van der Waals surface area (Å²) in [6, 6.07) is 5.73. The second-order valence-electron chi connectivity index (χ2n) is 7.13. The Hall–Kier alpha value is -0.770. The van der Waals surface area contributed by atoms with Gasteiger partial charge in [-0.1, -0.05) is 49.0 Å². The summed E-state index contributed by atoms with van der Waals surface area (Å²) >= 11 is 12.3. The Morgan fingerprint density at radius 3 is 2.56 bits per heavy atom. The van der Waals surface area contributed by atoms with E-state index in [9.17, 15) is 4.79 Å². The first kappa shape index (κ1) is 20.5. The predicted octanol–water partition coefficient (Wildman–Crippen LogP) is 5.24. The Bertz CT molecular complexity index is 557. The second kappa shape index (κ2) is 10.4. The molecule has 1 heterocycles. The lowest BCUT2D eigenvalue weighted by atomic mass is 9.95. The zero-order valence-electron chi connectivity index (χ0n) is 15.4. The Kier molecular flexibility index (Phi) is 8.54. The summed E-state index contributed by atoms with van der Waals surface area (Å²) in [6.07, 6.45) is 5.79. The van der Waals surface area contributed by atoms with Gasteiger partial charge < -0.3 is 4.90 Å². The average molecular weight is 385 g/mol. The quantitative estimate of drug-likeness (QED) is 0.571. The van der Waals surface area contributed by atoms with Crippen molar-refractivity contribution >= 4 is 29.1 Å². The van der Waals surface area contributed by atoms with E-state index >= 15 is 0 Å². The van der Waals surface area contributed by atoms with Crippen LogP contribution in [0.2, 0.25) is 10.0 Å². The molecule has 2 rings (SSSR count). The van der Waals surface area contributed by atoms with Crippen LogP contribution in [-0.2, 0) is 11.3 Å². The highest BCUT2D eigenvalue weighted by atomic mass is 35.5. The number of nitrogens with zero attached hydrogens (tertiary/aromatic N) is 2. The van der Waals surface area contributed by atoms with E-state index in [1.54, 1.807) is 6.92 Å². The first-order valence-corrected chi connectivity index (χ1v) is 10.2. The van der Waals surface area contributed by atoms with Crippen molar-refractivity contribution in [3.05, 3.63) is 33.8 Å². The third-order valence-electron chi connectivity index (χ3n) is 5.07. The Balaban J connectivity index is 1.79. The molecule has 0 spiro atoms. The van der Waals surface area contributed by atoms with E-state index in [1.807, 2.05) is 23.1 Å². The average Bonchev–Trinajstić information content (AvgIpc) is 2.58. The maximum atomic E-state index is 11.9. The lowest BCUT2D eigenvalue weighted by molar-refractivity contribution is -0.129. The van der Waals surface area contributed by atoms with Crippen molar-refractivity contribution in [3.63, 3.8) is 0 Å². The van der Waals surface area contributed by atoms with Crippen molar-refractivity contribution < 1.29 is 4.79 Å². The van der Waals surface area contributed by atoms with Crippen LogP contribution >= 0.6 is 23.2 Å². The number of amides is 1. The number of unbranched alkanes of at least 4 members (excludes halogenated alkanes) is 2. The van der Waals surface area contributed by atoms with Gasteiger partial charge in [0.1, 0.15) is 0 Å². The number of carbonyl (C=O) groups is 1. The van der Waals surface area contributed by atoms with Gasteiger partial charge in [0.2, 0.25) is 5.91 Å². The van der Waals surface area contributed by atoms with Crippen LogP contribution in [0.5, 0.6) is 0 Å². The number of benzene rings is 1. The monoisotopic (exact) mass is 384 g/mol. The molecule has 1 amide bonds. The molecular weight excluding hydrogens is 355 g/mol. The molecule has 0 unspecified atom stereocenters. The van der Waals surface area contributed by atoms with Crippen LogP contribution in [0, 0.1) is 5.92 Å². The topological polar surface area (TPSA) is 23.6 Å². The number of piperidine rings is 1. The van der Waals surface area contributed by atoms with Crippen molar-refractivity contribution in [2.24, 2.45) is 5.92 Å². The molecular formula is C20H30Cl2N2O. The van der Waals surface area contributed by atoms with Crippen LogP contribution in [-0.4, -0.2) is 41.9 Å². The molecule has 0 aromatic heterocycles. The molecule has 1 aromatic rings. The van der Waals surface area contributed by atoms with Crippen molar-refractivity contribution in [1.82, 2.24) is 9.80 Å². The van der Waals surface area contributed by atoms with Gasteiger partial charge in [-0.05, 0) is 56.0 Å². The molecule has 140 valence electrons. The molecule has 3 nitrogen and oxygen atoms in total. The number of likely N-dealkylation sites (tertiary alicyclic amines) is 1. The Morgan fingerprint density at radius 2 is 1.96 bits per heavy atom. The summed E-state index contributed by atoms with van der Waals surface area (Å²) in [5.74, 6) is 0.828. The number of halogens is 2. The summed E-state index contributed by atoms with van der Waals surface area (Å²) in [7, 11) is 0. The summed E-state index contributed by atoms with van der Waals surface area (Å²) in [5, 5.41) is 1.42. The van der Waals surface area contributed by atoms with Crippen LogP contribution in [0.25, 0.3) is 0 Å². The first-order chi connectivity index (χ1) is 12.0. The minimum atomic E-state index is 0.214. The molecule has 1 saturated heterocycles. The maximum absolute atomic E-state index is 11.9. The SMILES string of the molecule is CCCCCN(CC1CCN(Cc2ccc(Cl)cc2Cl)CC1)C(C)=O. The van der Waals surface area contributed by atoms with Gasteiger partial charge in [0.25, 0.3) is 0 Å². The number of hydrogen-bond donors (Lipinski definition) is 0. The summed E-state index contributed by atoms with van der Waals surface area (Å²) in [6.45, 7) is 8.70. The normalized spacial score (nSPS) is 16.2. The van der Waals surface area contributed by atoms with Crippen LogP contribution in [0.4, 0.5) is 0 Å². The van der Waals surface area contributed by atoms with E-state index in [0.717, 1.165) is 62.6 Å². The van der Waals surface area contributed by atoms with Crippen LogP contribution < -0.4 is 0 Å².